The van der Waals surface area contributed by atoms with E-state index >= 15 is 4.39 Å². The second-order valence-electron chi connectivity index (χ2n) is 6.89. The van der Waals surface area contributed by atoms with Crippen LogP contribution in [0.15, 0.2) is 12.1 Å². The van der Waals surface area contributed by atoms with Crippen molar-refractivity contribution in [2.45, 2.75) is 37.4 Å². The molecule has 0 saturated carbocycles. The Morgan fingerprint density at radius 3 is 2.46 bits per heavy atom. The molecule has 2 amide bonds. The first-order valence-electron chi connectivity index (χ1n) is 8.83. The second kappa shape index (κ2) is 6.59. The Morgan fingerprint density at radius 1 is 1.12 bits per heavy atom. The van der Waals surface area contributed by atoms with Crippen molar-refractivity contribution in [2.24, 2.45) is 0 Å². The maximum absolute atomic E-state index is 15.1. The molecule has 0 aliphatic carbocycles. The smallest absolute Gasteiger partial charge is 0.234 e. The number of ether oxygens (including phenoxy) is 2. The minimum Gasteiger partial charge on any atom is -0.369 e. The molecule has 3 fully saturated rings. The molecule has 1 unspecified atom stereocenters. The van der Waals surface area contributed by atoms with Crippen LogP contribution < -0.4 is 10.2 Å². The molecule has 3 saturated heterocycles. The molecule has 3 aliphatic rings. The summed E-state index contributed by atoms with van der Waals surface area (Å²) in [4.78, 5) is 25.2. The van der Waals surface area contributed by atoms with Crippen molar-refractivity contribution >= 4 is 17.5 Å². The van der Waals surface area contributed by atoms with Gasteiger partial charge in [0.05, 0.1) is 24.8 Å². The van der Waals surface area contributed by atoms with Gasteiger partial charge >= 0.3 is 0 Å². The lowest BCUT2D eigenvalue weighted by Gasteiger charge is -2.39. The SMILES string of the molecule is O=C1CCC(c2c(F)ccc(N3CCC4(CC3)OCCO4)c2F)C(=O)N1. The summed E-state index contributed by atoms with van der Waals surface area (Å²) >= 11 is 0. The minimum absolute atomic E-state index is 0.0699. The number of halogens is 2. The molecule has 140 valence electrons. The molecule has 0 bridgehead atoms. The van der Waals surface area contributed by atoms with Gasteiger partial charge in [-0.25, -0.2) is 8.78 Å². The van der Waals surface area contributed by atoms with Gasteiger partial charge in [-0.3, -0.25) is 14.9 Å². The van der Waals surface area contributed by atoms with Gasteiger partial charge in [0.15, 0.2) is 11.6 Å². The number of benzene rings is 1. The van der Waals surface area contributed by atoms with E-state index in [1.54, 1.807) is 0 Å². The van der Waals surface area contributed by atoms with Crippen LogP contribution in [0.25, 0.3) is 0 Å². The van der Waals surface area contributed by atoms with E-state index in [2.05, 4.69) is 5.32 Å². The summed E-state index contributed by atoms with van der Waals surface area (Å²) in [6.45, 7) is 2.14. The van der Waals surface area contributed by atoms with Crippen LogP contribution in [0, 0.1) is 11.6 Å². The number of rotatable bonds is 2. The zero-order valence-electron chi connectivity index (χ0n) is 14.2. The third-order valence-corrected chi connectivity index (χ3v) is 5.37. The van der Waals surface area contributed by atoms with E-state index in [1.807, 2.05) is 4.90 Å². The van der Waals surface area contributed by atoms with E-state index in [-0.39, 0.29) is 24.1 Å². The van der Waals surface area contributed by atoms with Crippen LogP contribution in [0.5, 0.6) is 0 Å². The molecule has 1 aromatic carbocycles. The van der Waals surface area contributed by atoms with Gasteiger partial charge in [0.25, 0.3) is 0 Å². The van der Waals surface area contributed by atoms with Crippen LogP contribution in [0.1, 0.15) is 37.2 Å². The average Bonchev–Trinajstić information content (AvgIpc) is 3.06. The van der Waals surface area contributed by atoms with Gasteiger partial charge in [0, 0.05) is 37.9 Å². The van der Waals surface area contributed by atoms with Crippen molar-refractivity contribution in [3.05, 3.63) is 29.3 Å². The molecule has 0 aromatic heterocycles. The fourth-order valence-corrected chi connectivity index (χ4v) is 3.96. The highest BCUT2D eigenvalue weighted by atomic mass is 19.1. The number of carbonyl (C=O) groups excluding carboxylic acids is 2. The van der Waals surface area contributed by atoms with Crippen molar-refractivity contribution < 1.29 is 27.8 Å². The highest BCUT2D eigenvalue weighted by Crippen LogP contribution is 2.37. The van der Waals surface area contributed by atoms with E-state index < -0.39 is 35.2 Å². The Balaban J connectivity index is 1.58. The number of piperidine rings is 2. The molecule has 8 heteroatoms. The van der Waals surface area contributed by atoms with Crippen LogP contribution in [-0.2, 0) is 19.1 Å². The number of nitrogens with zero attached hydrogens (tertiary/aromatic N) is 1. The highest BCUT2D eigenvalue weighted by Gasteiger charge is 2.41. The maximum Gasteiger partial charge on any atom is 0.234 e. The van der Waals surface area contributed by atoms with Gasteiger partial charge in [0.2, 0.25) is 11.8 Å². The van der Waals surface area contributed by atoms with Gasteiger partial charge in [-0.15, -0.1) is 0 Å². The van der Waals surface area contributed by atoms with Crippen LogP contribution in [-0.4, -0.2) is 43.9 Å². The minimum atomic E-state index is -0.995. The number of amides is 2. The lowest BCUT2D eigenvalue weighted by atomic mass is 9.89. The first kappa shape index (κ1) is 17.4. The third kappa shape index (κ3) is 2.97. The molecule has 4 rings (SSSR count). The van der Waals surface area contributed by atoms with Crippen molar-refractivity contribution in [1.82, 2.24) is 5.32 Å². The fraction of sp³-hybridized carbons (Fsp3) is 0.556. The lowest BCUT2D eigenvalue weighted by Crippen LogP contribution is -2.45. The van der Waals surface area contributed by atoms with E-state index in [1.165, 1.54) is 12.1 Å². The van der Waals surface area contributed by atoms with Crippen molar-refractivity contribution in [1.29, 1.82) is 0 Å². The molecule has 1 spiro atoms. The molecular formula is C18H20F2N2O4. The number of carbonyl (C=O) groups is 2. The average molecular weight is 366 g/mol. The van der Waals surface area contributed by atoms with Crippen LogP contribution in [0.2, 0.25) is 0 Å². The van der Waals surface area contributed by atoms with Gasteiger partial charge in [-0.1, -0.05) is 0 Å². The topological polar surface area (TPSA) is 67.9 Å². The Morgan fingerprint density at radius 2 is 1.81 bits per heavy atom. The molecule has 6 nitrogen and oxygen atoms in total. The second-order valence-corrected chi connectivity index (χ2v) is 6.89. The third-order valence-electron chi connectivity index (χ3n) is 5.37. The van der Waals surface area contributed by atoms with Gasteiger partial charge < -0.3 is 14.4 Å². The Hall–Kier alpha value is -2.06. The number of hydrogen-bond donors (Lipinski definition) is 1. The molecule has 0 radical (unpaired) electrons. The zero-order chi connectivity index (χ0) is 18.3. The van der Waals surface area contributed by atoms with Crippen molar-refractivity contribution in [2.75, 3.05) is 31.2 Å². The van der Waals surface area contributed by atoms with Crippen molar-refractivity contribution in [3.8, 4) is 0 Å². The fourth-order valence-electron chi connectivity index (χ4n) is 3.96. The summed E-state index contributed by atoms with van der Waals surface area (Å²) in [6, 6.07) is 2.58. The molecule has 1 aromatic rings. The Labute approximate surface area is 149 Å². The number of nitrogens with one attached hydrogen (secondary N) is 1. The molecule has 1 atom stereocenters. The van der Waals surface area contributed by atoms with Gasteiger partial charge in [-0.05, 0) is 18.6 Å². The summed E-state index contributed by atoms with van der Waals surface area (Å²) in [5, 5.41) is 2.16. The Kier molecular flexibility index (Phi) is 4.40. The maximum atomic E-state index is 15.1. The van der Waals surface area contributed by atoms with Crippen LogP contribution in [0.4, 0.5) is 14.5 Å². The molecule has 26 heavy (non-hydrogen) atoms. The summed E-state index contributed by atoms with van der Waals surface area (Å²) in [6.07, 6.45) is 1.36. The predicted octanol–water partition coefficient (Wildman–Crippen LogP) is 1.83. The predicted molar refractivity (Wildman–Crippen MR) is 87.6 cm³/mol. The van der Waals surface area contributed by atoms with Gasteiger partial charge in [0.1, 0.15) is 5.82 Å². The number of imide groups is 1. The normalized spacial score (nSPS) is 25.6. The van der Waals surface area contributed by atoms with E-state index in [0.29, 0.717) is 39.1 Å². The standard InChI is InChI=1S/C18H20F2N2O4/c19-12-2-3-13(22-7-5-18(6-8-22)25-9-10-26-18)16(20)15(12)11-1-4-14(23)21-17(11)24/h2-3,11H,1,4-10H2,(H,21,23,24). The van der Waals surface area contributed by atoms with E-state index in [4.69, 9.17) is 9.47 Å². The summed E-state index contributed by atoms with van der Waals surface area (Å²) in [5.74, 6) is -4.15. The lowest BCUT2D eigenvalue weighted by molar-refractivity contribution is -0.169. The summed E-state index contributed by atoms with van der Waals surface area (Å²) < 4.78 is 40.8. The highest BCUT2D eigenvalue weighted by molar-refractivity contribution is 6.01. The van der Waals surface area contributed by atoms with E-state index in [9.17, 15) is 14.0 Å². The number of anilines is 1. The largest absolute Gasteiger partial charge is 0.369 e. The molecular weight excluding hydrogens is 346 g/mol. The molecule has 3 aliphatic heterocycles. The first-order valence-corrected chi connectivity index (χ1v) is 8.83. The van der Waals surface area contributed by atoms with E-state index in [0.717, 1.165) is 0 Å². The first-order chi connectivity index (χ1) is 12.5. The summed E-state index contributed by atoms with van der Waals surface area (Å²) in [5.41, 5.74) is 0.0000926. The quantitative estimate of drug-likeness (QED) is 0.809. The molecule has 3 heterocycles. The van der Waals surface area contributed by atoms with Crippen LogP contribution in [0.3, 0.4) is 0 Å². The van der Waals surface area contributed by atoms with Gasteiger partial charge in [-0.2, -0.15) is 0 Å². The van der Waals surface area contributed by atoms with Crippen LogP contribution >= 0.6 is 0 Å². The zero-order valence-corrected chi connectivity index (χ0v) is 14.2. The molecule has 1 N–H and O–H groups in total. The van der Waals surface area contributed by atoms with Crippen molar-refractivity contribution in [3.63, 3.8) is 0 Å². The number of hydrogen-bond acceptors (Lipinski definition) is 5. The monoisotopic (exact) mass is 366 g/mol. The summed E-state index contributed by atoms with van der Waals surface area (Å²) in [7, 11) is 0. The Bertz CT molecular complexity index is 739.